The first-order valence-corrected chi connectivity index (χ1v) is 5.68. The summed E-state index contributed by atoms with van der Waals surface area (Å²) in [6, 6.07) is -0.426. The molecule has 0 bridgehead atoms. The first kappa shape index (κ1) is 13.4. The van der Waals surface area contributed by atoms with Crippen molar-refractivity contribution in [2.75, 3.05) is 0 Å². The van der Waals surface area contributed by atoms with Crippen molar-refractivity contribution in [1.29, 1.82) is 0 Å². The summed E-state index contributed by atoms with van der Waals surface area (Å²) in [5.74, 6) is 0.157. The van der Waals surface area contributed by atoms with Crippen LogP contribution < -0.4 is 5.32 Å². The van der Waals surface area contributed by atoms with E-state index in [1.807, 2.05) is 13.8 Å². The molecule has 3 N–H and O–H groups in total. The van der Waals surface area contributed by atoms with E-state index in [0.29, 0.717) is 12.3 Å². The highest BCUT2D eigenvalue weighted by Crippen LogP contribution is 2.23. The van der Waals surface area contributed by atoms with Crippen molar-refractivity contribution in [3.05, 3.63) is 0 Å². The zero-order valence-corrected chi connectivity index (χ0v) is 10.0. The van der Waals surface area contributed by atoms with Crippen LogP contribution in [0.1, 0.15) is 33.6 Å². The number of hydrogen-bond acceptors (Lipinski definition) is 4. The maximum atomic E-state index is 10.9. The molecule has 1 heterocycles. The van der Waals surface area contributed by atoms with Crippen LogP contribution >= 0.6 is 0 Å². The van der Waals surface area contributed by atoms with Gasteiger partial charge < -0.3 is 20.3 Å². The topological polar surface area (TPSA) is 78.8 Å². The molecule has 5 heteroatoms. The van der Waals surface area contributed by atoms with Crippen LogP contribution in [0.25, 0.3) is 0 Å². The Morgan fingerprint density at radius 3 is 2.62 bits per heavy atom. The van der Waals surface area contributed by atoms with Crippen molar-refractivity contribution in [2.45, 2.75) is 58.2 Å². The van der Waals surface area contributed by atoms with Crippen LogP contribution in [0.5, 0.6) is 0 Å². The highest BCUT2D eigenvalue weighted by atomic mass is 16.6. The number of ether oxygens (including phenoxy) is 1. The van der Waals surface area contributed by atoms with Gasteiger partial charge in [-0.25, -0.2) is 0 Å². The molecule has 16 heavy (non-hydrogen) atoms. The number of rotatable bonds is 3. The number of aliphatic hydroxyl groups excluding tert-OH is 2. The van der Waals surface area contributed by atoms with Crippen LogP contribution in [0.4, 0.5) is 0 Å². The van der Waals surface area contributed by atoms with E-state index in [9.17, 15) is 15.0 Å². The molecule has 1 saturated heterocycles. The average Bonchev–Trinajstić information content (AvgIpc) is 2.11. The lowest BCUT2D eigenvalue weighted by atomic mass is 9.93. The maximum Gasteiger partial charge on any atom is 0.217 e. The highest BCUT2D eigenvalue weighted by Gasteiger charge is 2.37. The molecule has 4 atom stereocenters. The van der Waals surface area contributed by atoms with Crippen LogP contribution in [0.2, 0.25) is 0 Å². The third kappa shape index (κ3) is 3.73. The fourth-order valence-corrected chi connectivity index (χ4v) is 2.02. The van der Waals surface area contributed by atoms with E-state index in [1.54, 1.807) is 0 Å². The average molecular weight is 231 g/mol. The van der Waals surface area contributed by atoms with Gasteiger partial charge in [-0.05, 0) is 12.3 Å². The first-order chi connectivity index (χ1) is 7.40. The van der Waals surface area contributed by atoms with Gasteiger partial charge in [-0.1, -0.05) is 13.8 Å². The van der Waals surface area contributed by atoms with E-state index < -0.39 is 24.5 Å². The molecule has 1 aliphatic rings. The molecule has 0 saturated carbocycles. The number of hydrogen-bond donors (Lipinski definition) is 3. The van der Waals surface area contributed by atoms with Crippen molar-refractivity contribution in [2.24, 2.45) is 5.92 Å². The molecular weight excluding hydrogens is 210 g/mol. The molecule has 1 unspecified atom stereocenters. The number of nitrogens with one attached hydrogen (secondary N) is 1. The molecule has 1 amide bonds. The number of carbonyl (C=O) groups is 1. The van der Waals surface area contributed by atoms with Gasteiger partial charge in [0.2, 0.25) is 5.91 Å². The van der Waals surface area contributed by atoms with E-state index in [1.165, 1.54) is 6.92 Å². The van der Waals surface area contributed by atoms with Crippen LogP contribution in [0.3, 0.4) is 0 Å². The molecule has 0 aromatic rings. The molecule has 1 fully saturated rings. The van der Waals surface area contributed by atoms with Gasteiger partial charge in [0.05, 0.1) is 12.1 Å². The van der Waals surface area contributed by atoms with E-state index in [4.69, 9.17) is 4.74 Å². The van der Waals surface area contributed by atoms with E-state index in [-0.39, 0.29) is 12.3 Å². The minimum atomic E-state index is -0.913. The van der Waals surface area contributed by atoms with E-state index in [0.717, 1.165) is 0 Å². The van der Waals surface area contributed by atoms with Crippen LogP contribution in [-0.4, -0.2) is 40.7 Å². The number of carbonyl (C=O) groups excluding carboxylic acids is 1. The monoisotopic (exact) mass is 231 g/mol. The van der Waals surface area contributed by atoms with Gasteiger partial charge in [0.15, 0.2) is 6.29 Å². The fraction of sp³-hybridized carbons (Fsp3) is 0.909. The number of aliphatic hydroxyl groups is 2. The summed E-state index contributed by atoms with van der Waals surface area (Å²) in [6.45, 7) is 5.43. The van der Waals surface area contributed by atoms with Crippen molar-refractivity contribution < 1.29 is 19.7 Å². The lowest BCUT2D eigenvalue weighted by Gasteiger charge is -2.38. The van der Waals surface area contributed by atoms with E-state index in [2.05, 4.69) is 5.32 Å². The van der Waals surface area contributed by atoms with Gasteiger partial charge in [-0.2, -0.15) is 0 Å². The molecule has 0 radical (unpaired) electrons. The Morgan fingerprint density at radius 2 is 2.12 bits per heavy atom. The lowest BCUT2D eigenvalue weighted by Crippen LogP contribution is -2.55. The van der Waals surface area contributed by atoms with Gasteiger partial charge in [-0.15, -0.1) is 0 Å². The van der Waals surface area contributed by atoms with Crippen molar-refractivity contribution in [3.63, 3.8) is 0 Å². The van der Waals surface area contributed by atoms with Gasteiger partial charge in [-0.3, -0.25) is 4.79 Å². The Balaban J connectivity index is 2.61. The predicted molar refractivity (Wildman–Crippen MR) is 58.6 cm³/mol. The molecule has 1 rings (SSSR count). The Hall–Kier alpha value is -0.650. The first-order valence-electron chi connectivity index (χ1n) is 5.68. The summed E-state index contributed by atoms with van der Waals surface area (Å²) in [4.78, 5) is 10.9. The van der Waals surface area contributed by atoms with Crippen LogP contribution in [0.15, 0.2) is 0 Å². The quantitative estimate of drug-likeness (QED) is 0.639. The molecule has 94 valence electrons. The van der Waals surface area contributed by atoms with Gasteiger partial charge in [0, 0.05) is 13.3 Å². The van der Waals surface area contributed by atoms with Gasteiger partial charge >= 0.3 is 0 Å². The molecule has 0 aromatic heterocycles. The van der Waals surface area contributed by atoms with Gasteiger partial charge in [0.1, 0.15) is 6.10 Å². The largest absolute Gasteiger partial charge is 0.388 e. The summed E-state index contributed by atoms with van der Waals surface area (Å²) in [6.07, 6.45) is -1.19. The molecule has 5 nitrogen and oxygen atoms in total. The Morgan fingerprint density at radius 1 is 1.50 bits per heavy atom. The van der Waals surface area contributed by atoms with Gasteiger partial charge in [0.25, 0.3) is 0 Å². The molecule has 0 aliphatic carbocycles. The predicted octanol–water partition coefficient (Wildman–Crippen LogP) is 0.00540. The van der Waals surface area contributed by atoms with Crippen LogP contribution in [-0.2, 0) is 9.53 Å². The standard InChI is InChI=1S/C11H21NO4/c1-6(2)4-9-11(15)8(12-7(3)13)5-10(14)16-9/h6,8-11,14-15H,4-5H2,1-3H3,(H,12,13)/t8-,9-,10?,11-/m0/s1. The Labute approximate surface area is 95.8 Å². The second-order valence-electron chi connectivity index (χ2n) is 4.79. The fourth-order valence-electron chi connectivity index (χ4n) is 2.02. The van der Waals surface area contributed by atoms with Crippen molar-refractivity contribution in [1.82, 2.24) is 5.32 Å². The van der Waals surface area contributed by atoms with E-state index >= 15 is 0 Å². The van der Waals surface area contributed by atoms with Crippen molar-refractivity contribution in [3.8, 4) is 0 Å². The summed E-state index contributed by atoms with van der Waals surface area (Å²) in [7, 11) is 0. The zero-order valence-electron chi connectivity index (χ0n) is 10.0. The Bertz CT molecular complexity index is 242. The Kier molecular flexibility index (Phi) is 4.70. The SMILES string of the molecule is CC(=O)N[C@H]1CC(O)O[C@@H](CC(C)C)[C@H]1O. The second kappa shape index (κ2) is 5.61. The third-order valence-electron chi connectivity index (χ3n) is 2.67. The minimum Gasteiger partial charge on any atom is -0.388 e. The van der Waals surface area contributed by atoms with Crippen molar-refractivity contribution >= 4 is 5.91 Å². The molecular formula is C11H21NO4. The smallest absolute Gasteiger partial charge is 0.217 e. The number of amides is 1. The summed E-state index contributed by atoms with van der Waals surface area (Å²) >= 11 is 0. The summed E-state index contributed by atoms with van der Waals surface area (Å²) in [5.41, 5.74) is 0. The lowest BCUT2D eigenvalue weighted by molar-refractivity contribution is -0.212. The third-order valence-corrected chi connectivity index (χ3v) is 2.67. The normalized spacial score (nSPS) is 35.1. The summed E-state index contributed by atoms with van der Waals surface area (Å²) in [5, 5.41) is 22.1. The minimum absolute atomic E-state index is 0.207. The molecule has 0 spiro atoms. The maximum absolute atomic E-state index is 10.9. The second-order valence-corrected chi connectivity index (χ2v) is 4.79. The molecule has 1 aliphatic heterocycles. The highest BCUT2D eigenvalue weighted by molar-refractivity contribution is 5.73. The zero-order chi connectivity index (χ0) is 12.3. The molecule has 0 aromatic carbocycles. The summed E-state index contributed by atoms with van der Waals surface area (Å²) < 4.78 is 5.28. The van der Waals surface area contributed by atoms with Crippen LogP contribution in [0, 0.1) is 5.92 Å².